The van der Waals surface area contributed by atoms with E-state index < -0.39 is 5.43 Å². The molecule has 0 bridgehead atoms. The minimum atomic E-state index is -0.458. The summed E-state index contributed by atoms with van der Waals surface area (Å²) in [5.74, 6) is -0.246. The lowest BCUT2D eigenvalue weighted by molar-refractivity contribution is 0.208. The molecule has 0 saturated heterocycles. The molecule has 0 spiro atoms. The molecule has 0 aromatic carbocycles. The van der Waals surface area contributed by atoms with Gasteiger partial charge in [-0.2, -0.15) is 0 Å². The molecule has 0 atom stereocenters. The van der Waals surface area contributed by atoms with E-state index in [4.69, 9.17) is 5.11 Å². The Morgan fingerprint density at radius 1 is 1.33 bits per heavy atom. The molecular weight excluding hydrogens is 272 g/mol. The fraction of sp³-hybridized carbons (Fsp3) is 0.667. The highest BCUT2D eigenvalue weighted by Gasteiger charge is 2.24. The number of aromatic hydroxyl groups is 1. The predicted molar refractivity (Wildman–Crippen MR) is 79.2 cm³/mol. The van der Waals surface area contributed by atoms with Gasteiger partial charge in [0, 0.05) is 30.9 Å². The molecule has 0 radical (unpaired) electrons. The number of pyridine rings is 1. The Morgan fingerprint density at radius 2 is 2.00 bits per heavy atom. The van der Waals surface area contributed by atoms with E-state index in [1.165, 1.54) is 6.07 Å². The second-order valence-corrected chi connectivity index (χ2v) is 5.72. The van der Waals surface area contributed by atoms with Gasteiger partial charge >= 0.3 is 0 Å². The summed E-state index contributed by atoms with van der Waals surface area (Å²) in [4.78, 5) is 13.7. The van der Waals surface area contributed by atoms with Crippen LogP contribution >= 0.6 is 0 Å². The van der Waals surface area contributed by atoms with Gasteiger partial charge in [0.1, 0.15) is 0 Å². The molecule has 0 amide bonds. The van der Waals surface area contributed by atoms with E-state index in [-0.39, 0.29) is 25.0 Å². The van der Waals surface area contributed by atoms with Crippen molar-refractivity contribution >= 4 is 0 Å². The standard InChI is InChI=1S/C15H24N2O4/c1-16(6-7-18)9-13-15(21)14(20)8-12(10-19)17(13)11-4-2-3-5-11/h8,11,18-19,21H,2-7,9-10H2,1H3. The number of hydrogen-bond acceptors (Lipinski definition) is 5. The highest BCUT2D eigenvalue weighted by Crippen LogP contribution is 2.33. The molecule has 1 aliphatic carbocycles. The fourth-order valence-electron chi connectivity index (χ4n) is 3.11. The largest absolute Gasteiger partial charge is 0.503 e. The second-order valence-electron chi connectivity index (χ2n) is 5.72. The third-order valence-electron chi connectivity index (χ3n) is 4.16. The van der Waals surface area contributed by atoms with E-state index in [9.17, 15) is 15.0 Å². The average molecular weight is 296 g/mol. The highest BCUT2D eigenvalue weighted by atomic mass is 16.3. The predicted octanol–water partition coefficient (Wildman–Crippen LogP) is 0.585. The van der Waals surface area contributed by atoms with Crippen LogP contribution in [0.25, 0.3) is 0 Å². The summed E-state index contributed by atoms with van der Waals surface area (Å²) in [6.07, 6.45) is 4.22. The van der Waals surface area contributed by atoms with Crippen molar-refractivity contribution in [1.82, 2.24) is 9.47 Å². The molecule has 1 fully saturated rings. The van der Waals surface area contributed by atoms with Gasteiger partial charge in [0.2, 0.25) is 5.43 Å². The van der Waals surface area contributed by atoms with Crippen molar-refractivity contribution < 1.29 is 15.3 Å². The fourth-order valence-corrected chi connectivity index (χ4v) is 3.11. The van der Waals surface area contributed by atoms with E-state index in [1.54, 1.807) is 0 Å². The van der Waals surface area contributed by atoms with Crippen molar-refractivity contribution in [2.75, 3.05) is 20.2 Å². The van der Waals surface area contributed by atoms with Crippen LogP contribution < -0.4 is 5.43 Å². The number of likely N-dealkylation sites (N-methyl/N-ethyl adjacent to an activating group) is 1. The van der Waals surface area contributed by atoms with Gasteiger partial charge in [-0.05, 0) is 19.9 Å². The summed E-state index contributed by atoms with van der Waals surface area (Å²) in [6, 6.07) is 1.54. The zero-order chi connectivity index (χ0) is 15.4. The SMILES string of the molecule is CN(CCO)Cc1c(O)c(=O)cc(CO)n1C1CCCC1. The second kappa shape index (κ2) is 7.06. The van der Waals surface area contributed by atoms with Gasteiger partial charge < -0.3 is 19.9 Å². The van der Waals surface area contributed by atoms with Gasteiger partial charge in [-0.15, -0.1) is 0 Å². The van der Waals surface area contributed by atoms with Gasteiger partial charge in [-0.3, -0.25) is 9.69 Å². The third kappa shape index (κ3) is 3.45. The summed E-state index contributed by atoms with van der Waals surface area (Å²) in [5.41, 5.74) is 0.632. The number of nitrogens with zero attached hydrogens (tertiary/aromatic N) is 2. The maximum atomic E-state index is 11.9. The maximum Gasteiger partial charge on any atom is 0.223 e. The molecular formula is C15H24N2O4. The summed E-state index contributed by atoms with van der Waals surface area (Å²) in [5, 5.41) is 28.7. The normalized spacial score (nSPS) is 16.0. The number of aliphatic hydroxyl groups is 2. The molecule has 118 valence electrons. The highest BCUT2D eigenvalue weighted by molar-refractivity contribution is 5.31. The van der Waals surface area contributed by atoms with Gasteiger partial charge in [0.25, 0.3) is 0 Å². The van der Waals surface area contributed by atoms with Crippen molar-refractivity contribution in [2.45, 2.75) is 44.9 Å². The first-order valence-electron chi connectivity index (χ1n) is 7.45. The molecule has 1 aliphatic rings. The van der Waals surface area contributed by atoms with E-state index in [2.05, 4.69) is 0 Å². The summed E-state index contributed by atoms with van der Waals surface area (Å²) < 4.78 is 1.93. The Kier molecular flexibility index (Phi) is 5.39. The monoisotopic (exact) mass is 296 g/mol. The lowest BCUT2D eigenvalue weighted by Gasteiger charge is -2.26. The topological polar surface area (TPSA) is 85.9 Å². The van der Waals surface area contributed by atoms with Crippen LogP contribution in [-0.2, 0) is 13.2 Å². The first kappa shape index (κ1) is 16.0. The minimum Gasteiger partial charge on any atom is -0.503 e. The van der Waals surface area contributed by atoms with Crippen LogP contribution in [0.3, 0.4) is 0 Å². The smallest absolute Gasteiger partial charge is 0.223 e. The van der Waals surface area contributed by atoms with E-state index in [0.29, 0.717) is 24.5 Å². The molecule has 0 unspecified atom stereocenters. The Bertz CT molecular complexity index is 535. The number of hydrogen-bond donors (Lipinski definition) is 3. The van der Waals surface area contributed by atoms with Crippen LogP contribution in [0.2, 0.25) is 0 Å². The molecule has 2 rings (SSSR count). The van der Waals surface area contributed by atoms with Crippen LogP contribution in [-0.4, -0.2) is 45.0 Å². The van der Waals surface area contributed by atoms with Crippen molar-refractivity contribution in [1.29, 1.82) is 0 Å². The molecule has 1 heterocycles. The van der Waals surface area contributed by atoms with Crippen molar-refractivity contribution in [3.8, 4) is 5.75 Å². The van der Waals surface area contributed by atoms with Crippen molar-refractivity contribution in [3.05, 3.63) is 27.7 Å². The van der Waals surface area contributed by atoms with Gasteiger partial charge in [0.05, 0.1) is 18.9 Å². The molecule has 0 aliphatic heterocycles. The van der Waals surface area contributed by atoms with Gasteiger partial charge in [-0.1, -0.05) is 12.8 Å². The molecule has 1 saturated carbocycles. The quantitative estimate of drug-likeness (QED) is 0.715. The van der Waals surface area contributed by atoms with E-state index in [1.807, 2.05) is 16.5 Å². The molecule has 6 nitrogen and oxygen atoms in total. The van der Waals surface area contributed by atoms with Crippen molar-refractivity contribution in [2.24, 2.45) is 0 Å². The summed E-state index contributed by atoms with van der Waals surface area (Å²) in [7, 11) is 1.82. The molecule has 1 aromatic rings. The Labute approximate surface area is 124 Å². The van der Waals surface area contributed by atoms with Crippen LogP contribution in [0.5, 0.6) is 5.75 Å². The first-order chi connectivity index (χ1) is 10.1. The number of aliphatic hydroxyl groups excluding tert-OH is 2. The zero-order valence-corrected chi connectivity index (χ0v) is 12.5. The Morgan fingerprint density at radius 3 is 2.57 bits per heavy atom. The lowest BCUT2D eigenvalue weighted by atomic mass is 10.1. The van der Waals surface area contributed by atoms with Crippen LogP contribution in [0.15, 0.2) is 10.9 Å². The number of aromatic nitrogens is 1. The summed E-state index contributed by atoms with van der Waals surface area (Å²) >= 11 is 0. The van der Waals surface area contributed by atoms with Gasteiger partial charge in [0.15, 0.2) is 5.75 Å². The lowest BCUT2D eigenvalue weighted by Crippen LogP contribution is -2.28. The van der Waals surface area contributed by atoms with Crippen LogP contribution in [0.4, 0.5) is 0 Å². The van der Waals surface area contributed by atoms with Crippen LogP contribution in [0, 0.1) is 0 Å². The van der Waals surface area contributed by atoms with Crippen molar-refractivity contribution in [3.63, 3.8) is 0 Å². The maximum absolute atomic E-state index is 11.9. The van der Waals surface area contributed by atoms with E-state index in [0.717, 1.165) is 25.7 Å². The first-order valence-corrected chi connectivity index (χ1v) is 7.45. The van der Waals surface area contributed by atoms with Crippen LogP contribution in [0.1, 0.15) is 43.1 Å². The molecule has 1 aromatic heterocycles. The minimum absolute atomic E-state index is 0.0185. The molecule has 6 heteroatoms. The third-order valence-corrected chi connectivity index (χ3v) is 4.16. The van der Waals surface area contributed by atoms with E-state index >= 15 is 0 Å². The van der Waals surface area contributed by atoms with Gasteiger partial charge in [-0.25, -0.2) is 0 Å². The average Bonchev–Trinajstić information content (AvgIpc) is 2.97. The molecule has 3 N–H and O–H groups in total. The zero-order valence-electron chi connectivity index (χ0n) is 12.5. The number of rotatable bonds is 6. The molecule has 21 heavy (non-hydrogen) atoms. The Balaban J connectivity index is 2.47. The Hall–Kier alpha value is -1.37. The summed E-state index contributed by atoms with van der Waals surface area (Å²) in [6.45, 7) is 0.626.